The Morgan fingerprint density at radius 2 is 1.34 bits per heavy atom. The minimum absolute atomic E-state index is 0.0524. The average molecular weight is 679 g/mol. The summed E-state index contributed by atoms with van der Waals surface area (Å²) in [5.41, 5.74) is 3.09. The highest BCUT2D eigenvalue weighted by Gasteiger charge is 2.26. The molecule has 266 valence electrons. The zero-order valence-electron chi connectivity index (χ0n) is 30.1. The van der Waals surface area contributed by atoms with Crippen molar-refractivity contribution in [1.29, 1.82) is 0 Å². The lowest BCUT2D eigenvalue weighted by atomic mass is 10.0. The number of aromatic nitrogens is 1. The second-order valence-electron chi connectivity index (χ2n) is 13.3. The maximum absolute atomic E-state index is 11.3. The van der Waals surface area contributed by atoms with Gasteiger partial charge in [0, 0.05) is 30.4 Å². The molecule has 2 heterocycles. The van der Waals surface area contributed by atoms with E-state index in [-0.39, 0.29) is 11.5 Å². The number of nitrogens with zero attached hydrogens (tertiary/aromatic N) is 3. The van der Waals surface area contributed by atoms with Crippen LogP contribution < -0.4 is 14.8 Å². The number of phenols is 2. The third-order valence-corrected chi connectivity index (χ3v) is 9.57. The molecule has 4 aromatic rings. The fourth-order valence-corrected chi connectivity index (χ4v) is 6.26. The maximum Gasteiger partial charge on any atom is 0.173 e. The van der Waals surface area contributed by atoms with Gasteiger partial charge in [-0.25, -0.2) is 9.98 Å². The lowest BCUT2D eigenvalue weighted by molar-refractivity contribution is 0.232. The standard InChI is InChI=1S/C42H54N4O4/c1-5-9-15-30(7-3)28-49-33-20-22-35(38(47)25-33)40-43-41(36-23-21-34(26-39(36)48)50-29-31(8-4)16-10-6-2)45-42(44-40)37-19-14-24-46(37)27-32-17-12-11-13-18-32/h11-14,17-26,30-31,40,47-48H,5-10,15-16,27-29H2,1-4H3,(H,43,44,45). The smallest absolute Gasteiger partial charge is 0.173 e. The number of rotatable bonds is 19. The van der Waals surface area contributed by atoms with Crippen molar-refractivity contribution in [1.82, 2.24) is 9.88 Å². The highest BCUT2D eigenvalue weighted by Crippen LogP contribution is 2.35. The van der Waals surface area contributed by atoms with Gasteiger partial charge in [0.1, 0.15) is 28.8 Å². The normalized spacial score (nSPS) is 15.5. The van der Waals surface area contributed by atoms with Crippen molar-refractivity contribution in [2.24, 2.45) is 21.8 Å². The van der Waals surface area contributed by atoms with Crippen molar-refractivity contribution in [2.45, 2.75) is 91.8 Å². The number of benzene rings is 3. The number of amidine groups is 2. The summed E-state index contributed by atoms with van der Waals surface area (Å²) in [6.45, 7) is 10.7. The van der Waals surface area contributed by atoms with Gasteiger partial charge in [-0.05, 0) is 66.6 Å². The zero-order chi connectivity index (χ0) is 35.3. The molecule has 3 atom stereocenters. The zero-order valence-corrected chi connectivity index (χ0v) is 30.1. The highest BCUT2D eigenvalue weighted by atomic mass is 16.5. The van der Waals surface area contributed by atoms with E-state index < -0.39 is 6.17 Å². The Kier molecular flexibility index (Phi) is 13.4. The number of aliphatic imine (C=N–C) groups is 2. The molecule has 1 aliphatic heterocycles. The van der Waals surface area contributed by atoms with Crippen LogP contribution in [0.3, 0.4) is 0 Å². The minimum Gasteiger partial charge on any atom is -0.507 e. The first-order chi connectivity index (χ1) is 24.4. The summed E-state index contributed by atoms with van der Waals surface area (Å²) in [6, 6.07) is 25.0. The summed E-state index contributed by atoms with van der Waals surface area (Å²) in [6.07, 6.45) is 10.3. The molecular formula is C42H54N4O4. The Morgan fingerprint density at radius 1 is 0.720 bits per heavy atom. The fraction of sp³-hybridized carbons (Fsp3) is 0.429. The molecule has 1 aromatic heterocycles. The summed E-state index contributed by atoms with van der Waals surface area (Å²) in [5.74, 6) is 3.34. The van der Waals surface area contributed by atoms with Crippen LogP contribution in [0.4, 0.5) is 0 Å². The number of unbranched alkanes of at least 4 members (excludes halogenated alkanes) is 2. The summed E-state index contributed by atoms with van der Waals surface area (Å²) >= 11 is 0. The molecule has 8 nitrogen and oxygen atoms in total. The molecule has 0 spiro atoms. The van der Waals surface area contributed by atoms with E-state index in [4.69, 9.17) is 19.5 Å². The van der Waals surface area contributed by atoms with E-state index in [1.54, 1.807) is 12.1 Å². The molecule has 0 saturated carbocycles. The summed E-state index contributed by atoms with van der Waals surface area (Å²) < 4.78 is 14.4. The predicted octanol–water partition coefficient (Wildman–Crippen LogP) is 9.63. The third kappa shape index (κ3) is 9.71. The van der Waals surface area contributed by atoms with E-state index in [9.17, 15) is 10.2 Å². The molecule has 3 unspecified atom stereocenters. The van der Waals surface area contributed by atoms with Gasteiger partial charge in [-0.2, -0.15) is 0 Å². The molecule has 50 heavy (non-hydrogen) atoms. The molecule has 0 saturated heterocycles. The molecule has 0 amide bonds. The van der Waals surface area contributed by atoms with Crippen LogP contribution in [0.5, 0.6) is 23.0 Å². The molecule has 5 rings (SSSR count). The van der Waals surface area contributed by atoms with Gasteiger partial charge >= 0.3 is 0 Å². The molecule has 8 heteroatoms. The lowest BCUT2D eigenvalue weighted by Crippen LogP contribution is -2.37. The molecule has 3 aromatic carbocycles. The van der Waals surface area contributed by atoms with Crippen molar-refractivity contribution in [3.8, 4) is 23.0 Å². The van der Waals surface area contributed by atoms with Crippen LogP contribution in [0.2, 0.25) is 0 Å². The third-order valence-electron chi connectivity index (χ3n) is 9.57. The van der Waals surface area contributed by atoms with E-state index in [0.29, 0.717) is 65.9 Å². The molecule has 0 fully saturated rings. The van der Waals surface area contributed by atoms with Gasteiger partial charge in [0.2, 0.25) is 0 Å². The second kappa shape index (κ2) is 18.3. The Bertz CT molecular complexity index is 1710. The molecule has 1 aliphatic rings. The van der Waals surface area contributed by atoms with Crippen molar-refractivity contribution in [3.63, 3.8) is 0 Å². The molecule has 3 N–H and O–H groups in total. The van der Waals surface area contributed by atoms with E-state index in [1.165, 1.54) is 25.7 Å². The monoisotopic (exact) mass is 678 g/mol. The van der Waals surface area contributed by atoms with Crippen LogP contribution in [-0.2, 0) is 6.54 Å². The molecular weight excluding hydrogens is 624 g/mol. The summed E-state index contributed by atoms with van der Waals surface area (Å²) in [4.78, 5) is 9.93. The van der Waals surface area contributed by atoms with Gasteiger partial charge in [-0.15, -0.1) is 0 Å². The van der Waals surface area contributed by atoms with Gasteiger partial charge in [0.05, 0.1) is 24.5 Å². The van der Waals surface area contributed by atoms with Crippen LogP contribution in [0.25, 0.3) is 0 Å². The second-order valence-corrected chi connectivity index (χ2v) is 13.3. The Labute approximate surface area is 297 Å². The number of nitrogens with one attached hydrogen (secondary N) is 1. The SMILES string of the molecule is CCCCC(CC)COc1ccc(C2=NC(c3ccc(OCC(CC)CCCC)cc3O)N=C(c3cccn3Cc3ccccc3)N2)c(O)c1. The Hall–Kier alpha value is -4.72. The van der Waals surface area contributed by atoms with Crippen molar-refractivity contribution >= 4 is 11.7 Å². The van der Waals surface area contributed by atoms with Crippen molar-refractivity contribution in [2.75, 3.05) is 13.2 Å². The van der Waals surface area contributed by atoms with Gasteiger partial charge in [0.25, 0.3) is 0 Å². The van der Waals surface area contributed by atoms with E-state index in [2.05, 4.69) is 49.7 Å². The van der Waals surface area contributed by atoms with Crippen LogP contribution in [0.15, 0.2) is 95.0 Å². The fourth-order valence-electron chi connectivity index (χ4n) is 6.26. The first-order valence-corrected chi connectivity index (χ1v) is 18.5. The van der Waals surface area contributed by atoms with E-state index >= 15 is 0 Å². The Balaban J connectivity index is 1.43. The van der Waals surface area contributed by atoms with Crippen LogP contribution in [-0.4, -0.2) is 39.7 Å². The molecule has 0 radical (unpaired) electrons. The van der Waals surface area contributed by atoms with Crippen LogP contribution in [0.1, 0.15) is 108 Å². The number of hydrogen-bond donors (Lipinski definition) is 3. The quantitative estimate of drug-likeness (QED) is 0.0917. The maximum atomic E-state index is 11.3. The van der Waals surface area contributed by atoms with Gasteiger partial charge in [-0.3, -0.25) is 0 Å². The summed E-state index contributed by atoms with van der Waals surface area (Å²) in [5, 5.41) is 26.0. The first kappa shape index (κ1) is 36.6. The average Bonchev–Trinajstić information content (AvgIpc) is 3.60. The van der Waals surface area contributed by atoms with Crippen LogP contribution in [0, 0.1) is 11.8 Å². The number of aromatic hydroxyl groups is 2. The van der Waals surface area contributed by atoms with Crippen LogP contribution >= 0.6 is 0 Å². The van der Waals surface area contributed by atoms with Crippen molar-refractivity contribution < 1.29 is 19.7 Å². The lowest BCUT2D eigenvalue weighted by Gasteiger charge is -2.24. The molecule has 0 aliphatic carbocycles. The highest BCUT2D eigenvalue weighted by molar-refractivity contribution is 6.16. The largest absolute Gasteiger partial charge is 0.507 e. The van der Waals surface area contributed by atoms with Crippen molar-refractivity contribution in [3.05, 3.63) is 107 Å². The minimum atomic E-state index is -0.762. The van der Waals surface area contributed by atoms with E-state index in [1.807, 2.05) is 60.8 Å². The number of hydrogen-bond acceptors (Lipinski definition) is 7. The Morgan fingerprint density at radius 3 is 1.94 bits per heavy atom. The van der Waals surface area contributed by atoms with Gasteiger partial charge < -0.3 is 29.6 Å². The number of ether oxygens (including phenoxy) is 2. The van der Waals surface area contributed by atoms with E-state index in [0.717, 1.165) is 36.9 Å². The molecule has 0 bridgehead atoms. The predicted molar refractivity (Wildman–Crippen MR) is 203 cm³/mol. The van der Waals surface area contributed by atoms with Gasteiger partial charge in [-0.1, -0.05) is 96.6 Å². The van der Waals surface area contributed by atoms with Gasteiger partial charge in [0.15, 0.2) is 12.0 Å². The summed E-state index contributed by atoms with van der Waals surface area (Å²) in [7, 11) is 0. The topological polar surface area (TPSA) is 101 Å². The number of phenolic OH excluding ortho intramolecular Hbond substituents is 2. The first-order valence-electron chi connectivity index (χ1n) is 18.5.